The van der Waals surface area contributed by atoms with Crippen LogP contribution in [0.2, 0.25) is 0 Å². The lowest BCUT2D eigenvalue weighted by Crippen LogP contribution is -2.52. The van der Waals surface area contributed by atoms with Crippen LogP contribution in [0.3, 0.4) is 0 Å². The smallest absolute Gasteiger partial charge is 0.0246 e. The van der Waals surface area contributed by atoms with Crippen molar-refractivity contribution in [2.75, 3.05) is 32.7 Å². The second-order valence-corrected chi connectivity index (χ2v) is 4.50. The van der Waals surface area contributed by atoms with Crippen LogP contribution in [0.15, 0.2) is 0 Å². The Morgan fingerprint density at radius 2 is 1.92 bits per heavy atom. The Labute approximate surface area is 75.5 Å². The highest BCUT2D eigenvalue weighted by Gasteiger charge is 2.30. The molecule has 0 amide bonds. The van der Waals surface area contributed by atoms with E-state index in [9.17, 15) is 0 Å². The van der Waals surface area contributed by atoms with E-state index in [0.717, 1.165) is 12.0 Å². The summed E-state index contributed by atoms with van der Waals surface area (Å²) in [5, 5.41) is 0. The molecule has 2 nitrogen and oxygen atoms in total. The van der Waals surface area contributed by atoms with E-state index in [-0.39, 0.29) is 0 Å². The number of fused-ring (bicyclic) bond motifs is 4. The summed E-state index contributed by atoms with van der Waals surface area (Å²) in [6, 6.07) is 0.834. The second-order valence-electron chi connectivity index (χ2n) is 4.50. The highest BCUT2D eigenvalue weighted by Crippen LogP contribution is 2.20. The van der Waals surface area contributed by atoms with E-state index in [2.05, 4.69) is 23.6 Å². The van der Waals surface area contributed by atoms with Crippen molar-refractivity contribution in [3.63, 3.8) is 0 Å². The Kier molecular flexibility index (Phi) is 2.37. The van der Waals surface area contributed by atoms with Crippen LogP contribution in [-0.2, 0) is 0 Å². The molecule has 0 aromatic rings. The maximum Gasteiger partial charge on any atom is 0.0246 e. The van der Waals surface area contributed by atoms with Gasteiger partial charge in [0.05, 0.1) is 0 Å². The molecule has 2 heteroatoms. The first kappa shape index (κ1) is 8.52. The molecule has 3 rings (SSSR count). The van der Waals surface area contributed by atoms with E-state index in [0.29, 0.717) is 0 Å². The molecule has 3 unspecified atom stereocenters. The molecule has 2 bridgehead atoms. The minimum absolute atomic E-state index is 0.825. The summed E-state index contributed by atoms with van der Waals surface area (Å²) in [7, 11) is 0. The third kappa shape index (κ3) is 1.50. The van der Waals surface area contributed by atoms with Gasteiger partial charge in [-0.15, -0.1) is 0 Å². The summed E-state index contributed by atoms with van der Waals surface area (Å²) in [5.74, 6) is 0.825. The SMILES string of the molecule is CC(C)C1CN2CCCN1CC2. The molecule has 0 saturated carbocycles. The van der Waals surface area contributed by atoms with Crippen LogP contribution in [-0.4, -0.2) is 48.6 Å². The normalized spacial score (nSPS) is 41.8. The van der Waals surface area contributed by atoms with E-state index in [1.807, 2.05) is 0 Å². The van der Waals surface area contributed by atoms with E-state index in [1.165, 1.54) is 39.1 Å². The van der Waals surface area contributed by atoms with Crippen molar-refractivity contribution in [1.82, 2.24) is 9.80 Å². The lowest BCUT2D eigenvalue weighted by molar-refractivity contribution is 0.0849. The van der Waals surface area contributed by atoms with Crippen LogP contribution < -0.4 is 0 Å². The number of hydrogen-bond acceptors (Lipinski definition) is 2. The standard InChI is InChI=1S/C10H20N2/c1-9(2)10-8-11-4-3-5-12(10)7-6-11/h9-10H,3-8H2,1-2H3. The van der Waals surface area contributed by atoms with Gasteiger partial charge in [0, 0.05) is 25.7 Å². The summed E-state index contributed by atoms with van der Waals surface area (Å²) >= 11 is 0. The topological polar surface area (TPSA) is 6.48 Å². The lowest BCUT2D eigenvalue weighted by atomic mass is 10.0. The zero-order chi connectivity index (χ0) is 8.55. The molecule has 70 valence electrons. The van der Waals surface area contributed by atoms with Gasteiger partial charge in [-0.3, -0.25) is 4.90 Å². The molecular weight excluding hydrogens is 148 g/mol. The van der Waals surface area contributed by atoms with E-state index in [1.54, 1.807) is 0 Å². The monoisotopic (exact) mass is 168 g/mol. The third-order valence-corrected chi connectivity index (χ3v) is 3.31. The van der Waals surface area contributed by atoms with Gasteiger partial charge in [-0.1, -0.05) is 13.8 Å². The van der Waals surface area contributed by atoms with Crippen LogP contribution in [0.4, 0.5) is 0 Å². The first-order chi connectivity index (χ1) is 5.77. The zero-order valence-electron chi connectivity index (χ0n) is 8.29. The summed E-state index contributed by atoms with van der Waals surface area (Å²) in [4.78, 5) is 5.32. The summed E-state index contributed by atoms with van der Waals surface area (Å²) in [6.07, 6.45) is 1.38. The maximum atomic E-state index is 2.69. The average molecular weight is 168 g/mol. The van der Waals surface area contributed by atoms with Gasteiger partial charge in [0.25, 0.3) is 0 Å². The van der Waals surface area contributed by atoms with Crippen LogP contribution in [0, 0.1) is 5.92 Å². The first-order valence-corrected chi connectivity index (χ1v) is 5.24. The Hall–Kier alpha value is -0.0800. The van der Waals surface area contributed by atoms with Crippen molar-refractivity contribution in [3.8, 4) is 0 Å². The summed E-state index contributed by atoms with van der Waals surface area (Å²) in [5.41, 5.74) is 0. The van der Waals surface area contributed by atoms with Crippen molar-refractivity contribution >= 4 is 0 Å². The Morgan fingerprint density at radius 3 is 2.67 bits per heavy atom. The fourth-order valence-corrected chi connectivity index (χ4v) is 2.52. The van der Waals surface area contributed by atoms with E-state index in [4.69, 9.17) is 0 Å². The summed E-state index contributed by atoms with van der Waals surface area (Å²) < 4.78 is 0. The second kappa shape index (κ2) is 3.35. The molecule has 0 spiro atoms. The molecule has 0 N–H and O–H groups in total. The molecule has 3 aliphatic rings. The van der Waals surface area contributed by atoms with Crippen molar-refractivity contribution in [3.05, 3.63) is 0 Å². The Morgan fingerprint density at radius 1 is 1.08 bits per heavy atom. The van der Waals surface area contributed by atoms with Crippen LogP contribution in [0.1, 0.15) is 20.3 Å². The molecular formula is C10H20N2. The largest absolute Gasteiger partial charge is 0.300 e. The third-order valence-electron chi connectivity index (χ3n) is 3.31. The summed E-state index contributed by atoms with van der Waals surface area (Å²) in [6.45, 7) is 11.3. The van der Waals surface area contributed by atoms with Crippen molar-refractivity contribution in [1.29, 1.82) is 0 Å². The van der Waals surface area contributed by atoms with Crippen LogP contribution in [0.5, 0.6) is 0 Å². The Bertz CT molecular complexity index is 152. The van der Waals surface area contributed by atoms with Gasteiger partial charge in [0.1, 0.15) is 0 Å². The fraction of sp³-hybridized carbons (Fsp3) is 1.00. The molecule has 0 radical (unpaired) electrons. The lowest BCUT2D eigenvalue weighted by Gasteiger charge is -2.39. The van der Waals surface area contributed by atoms with Crippen LogP contribution in [0.25, 0.3) is 0 Å². The number of hydrogen-bond donors (Lipinski definition) is 0. The van der Waals surface area contributed by atoms with Gasteiger partial charge in [0.15, 0.2) is 0 Å². The fourth-order valence-electron chi connectivity index (χ4n) is 2.52. The predicted molar refractivity (Wildman–Crippen MR) is 51.3 cm³/mol. The van der Waals surface area contributed by atoms with Gasteiger partial charge in [-0.2, -0.15) is 0 Å². The van der Waals surface area contributed by atoms with Crippen molar-refractivity contribution in [2.24, 2.45) is 5.92 Å². The molecule has 3 saturated heterocycles. The minimum Gasteiger partial charge on any atom is -0.300 e. The van der Waals surface area contributed by atoms with Crippen molar-refractivity contribution < 1.29 is 0 Å². The number of rotatable bonds is 1. The number of piperazine rings is 1. The number of nitrogens with zero attached hydrogens (tertiary/aromatic N) is 2. The highest BCUT2D eigenvalue weighted by atomic mass is 15.3. The van der Waals surface area contributed by atoms with Gasteiger partial charge >= 0.3 is 0 Å². The maximum absolute atomic E-state index is 2.69. The molecule has 0 aromatic heterocycles. The highest BCUT2D eigenvalue weighted by molar-refractivity contribution is 4.87. The molecule has 0 aliphatic carbocycles. The molecule has 0 aromatic carbocycles. The van der Waals surface area contributed by atoms with Gasteiger partial charge in [0.2, 0.25) is 0 Å². The Balaban J connectivity index is 2.06. The molecule has 3 aliphatic heterocycles. The van der Waals surface area contributed by atoms with Crippen molar-refractivity contribution in [2.45, 2.75) is 26.3 Å². The minimum atomic E-state index is 0.825. The van der Waals surface area contributed by atoms with E-state index < -0.39 is 0 Å². The van der Waals surface area contributed by atoms with Gasteiger partial charge in [-0.25, -0.2) is 0 Å². The molecule has 12 heavy (non-hydrogen) atoms. The molecule has 3 atom stereocenters. The first-order valence-electron chi connectivity index (χ1n) is 5.24. The molecule has 3 fully saturated rings. The average Bonchev–Trinajstić information content (AvgIpc) is 2.36. The molecule has 3 heterocycles. The van der Waals surface area contributed by atoms with Gasteiger partial charge < -0.3 is 4.90 Å². The van der Waals surface area contributed by atoms with Gasteiger partial charge in [-0.05, 0) is 25.4 Å². The quantitative estimate of drug-likeness (QED) is 0.577. The predicted octanol–water partition coefficient (Wildman–Crippen LogP) is 1.03. The van der Waals surface area contributed by atoms with E-state index >= 15 is 0 Å². The van der Waals surface area contributed by atoms with Crippen LogP contribution >= 0.6 is 0 Å². The zero-order valence-corrected chi connectivity index (χ0v) is 8.29.